The van der Waals surface area contributed by atoms with Crippen molar-refractivity contribution in [2.24, 2.45) is 17.8 Å². The quantitative estimate of drug-likeness (QED) is 0.132. The monoisotopic (exact) mass is 620 g/mol. The largest absolute Gasteiger partial charge is 0.489 e. The molecule has 2 unspecified atom stereocenters. The fourth-order valence-electron chi connectivity index (χ4n) is 5.26. The molecule has 0 aliphatic rings. The van der Waals surface area contributed by atoms with Crippen molar-refractivity contribution in [2.45, 2.75) is 106 Å². The van der Waals surface area contributed by atoms with E-state index < -0.39 is 0 Å². The van der Waals surface area contributed by atoms with Crippen LogP contribution in [0.3, 0.4) is 0 Å². The third-order valence-corrected chi connectivity index (χ3v) is 10.2. The van der Waals surface area contributed by atoms with Gasteiger partial charge in [-0.1, -0.05) is 142 Å². The van der Waals surface area contributed by atoms with Crippen LogP contribution in [0.25, 0.3) is 0 Å². The maximum absolute atomic E-state index is 6.32. The first-order valence-corrected chi connectivity index (χ1v) is 17.1. The highest BCUT2D eigenvalue weighted by Crippen LogP contribution is 2.33. The van der Waals surface area contributed by atoms with E-state index in [1.165, 1.54) is 16.7 Å². The van der Waals surface area contributed by atoms with Gasteiger partial charge in [0.2, 0.25) is 0 Å². The van der Waals surface area contributed by atoms with Crippen LogP contribution < -0.4 is 14.2 Å². The molecule has 0 fully saturated rings. The van der Waals surface area contributed by atoms with E-state index >= 15 is 0 Å². The van der Waals surface area contributed by atoms with E-state index in [2.05, 4.69) is 142 Å². The van der Waals surface area contributed by atoms with Gasteiger partial charge in [0.15, 0.2) is 0 Å². The summed E-state index contributed by atoms with van der Waals surface area (Å²) in [6.45, 7) is 24.2. The van der Waals surface area contributed by atoms with Gasteiger partial charge >= 0.3 is 0 Å². The molecular formula is C43H56O3. The zero-order chi connectivity index (χ0) is 33.4. The van der Waals surface area contributed by atoms with Crippen LogP contribution in [-0.4, -0.2) is 0 Å². The molecule has 4 aromatic carbocycles. The van der Waals surface area contributed by atoms with Gasteiger partial charge in [-0.15, -0.1) is 0 Å². The van der Waals surface area contributed by atoms with Gasteiger partial charge in [-0.3, -0.25) is 0 Å². The van der Waals surface area contributed by atoms with Crippen LogP contribution in [0.4, 0.5) is 0 Å². The van der Waals surface area contributed by atoms with Gasteiger partial charge in [0.25, 0.3) is 0 Å². The van der Waals surface area contributed by atoms with E-state index in [-0.39, 0.29) is 5.41 Å². The van der Waals surface area contributed by atoms with E-state index in [1.807, 2.05) is 18.2 Å². The molecule has 0 bridgehead atoms. The van der Waals surface area contributed by atoms with Crippen LogP contribution >= 0.6 is 0 Å². The highest BCUT2D eigenvalue weighted by molar-refractivity contribution is 5.43. The molecule has 0 N–H and O–H groups in total. The van der Waals surface area contributed by atoms with E-state index in [0.717, 1.165) is 33.9 Å². The van der Waals surface area contributed by atoms with Gasteiger partial charge in [0.1, 0.15) is 37.1 Å². The molecule has 0 aliphatic heterocycles. The minimum atomic E-state index is 0.122. The van der Waals surface area contributed by atoms with Crippen LogP contribution in [0.2, 0.25) is 0 Å². The van der Waals surface area contributed by atoms with Gasteiger partial charge in [0, 0.05) is 18.2 Å². The van der Waals surface area contributed by atoms with Crippen molar-refractivity contribution in [3.8, 4) is 17.2 Å². The van der Waals surface area contributed by atoms with Gasteiger partial charge in [0.05, 0.1) is 0 Å². The van der Waals surface area contributed by atoms with Crippen molar-refractivity contribution < 1.29 is 14.2 Å². The number of benzene rings is 4. The van der Waals surface area contributed by atoms with E-state index in [1.54, 1.807) is 0 Å². The first kappa shape index (κ1) is 35.1. The molecule has 0 aliphatic carbocycles. The average Bonchev–Trinajstić information content (AvgIpc) is 3.05. The maximum Gasteiger partial charge on any atom is 0.127 e. The third kappa shape index (κ3) is 9.41. The Bertz CT molecular complexity index is 1420. The topological polar surface area (TPSA) is 27.7 Å². The fourth-order valence-corrected chi connectivity index (χ4v) is 5.26. The second-order valence-electron chi connectivity index (χ2n) is 14.6. The molecule has 0 saturated carbocycles. The Morgan fingerprint density at radius 1 is 0.457 bits per heavy atom. The predicted octanol–water partition coefficient (Wildman–Crippen LogP) is 11.9. The lowest BCUT2D eigenvalue weighted by molar-refractivity contribution is 0.274. The lowest BCUT2D eigenvalue weighted by atomic mass is 9.75. The summed E-state index contributed by atoms with van der Waals surface area (Å²) < 4.78 is 18.9. The summed E-state index contributed by atoms with van der Waals surface area (Å²) in [4.78, 5) is 0. The van der Waals surface area contributed by atoms with Crippen LogP contribution in [0, 0.1) is 17.8 Å². The van der Waals surface area contributed by atoms with E-state index in [0.29, 0.717) is 49.4 Å². The lowest BCUT2D eigenvalue weighted by Gasteiger charge is -2.30. The molecule has 0 amide bonds. The Labute approximate surface area is 279 Å². The summed E-state index contributed by atoms with van der Waals surface area (Å²) in [6.07, 6.45) is 0. The Kier molecular flexibility index (Phi) is 12.0. The van der Waals surface area contributed by atoms with Crippen LogP contribution in [-0.2, 0) is 25.2 Å². The zero-order valence-corrected chi connectivity index (χ0v) is 29.9. The highest BCUT2D eigenvalue weighted by Gasteiger charge is 2.24. The van der Waals surface area contributed by atoms with Gasteiger partial charge < -0.3 is 14.2 Å². The van der Waals surface area contributed by atoms with Crippen molar-refractivity contribution in [1.82, 2.24) is 0 Å². The number of hydrogen-bond donors (Lipinski definition) is 0. The molecule has 0 radical (unpaired) electrons. The summed E-state index contributed by atoms with van der Waals surface area (Å²) in [6, 6.07) is 32.2. The van der Waals surface area contributed by atoms with Gasteiger partial charge in [-0.05, 0) is 68.4 Å². The number of hydrogen-bond acceptors (Lipinski definition) is 3. The molecule has 0 aromatic heterocycles. The summed E-state index contributed by atoms with van der Waals surface area (Å²) in [5.41, 5.74) is 7.58. The second kappa shape index (κ2) is 15.7. The zero-order valence-electron chi connectivity index (χ0n) is 29.9. The summed E-state index contributed by atoms with van der Waals surface area (Å²) >= 11 is 0. The molecule has 4 aromatic rings. The first-order valence-electron chi connectivity index (χ1n) is 17.1. The van der Waals surface area contributed by atoms with Crippen molar-refractivity contribution >= 4 is 0 Å². The normalized spacial score (nSPS) is 13.2. The average molecular weight is 621 g/mol. The molecule has 4 rings (SSSR count). The van der Waals surface area contributed by atoms with Crippen LogP contribution in [0.5, 0.6) is 17.2 Å². The van der Waals surface area contributed by atoms with Crippen molar-refractivity contribution in [1.29, 1.82) is 0 Å². The van der Waals surface area contributed by atoms with Crippen molar-refractivity contribution in [3.63, 3.8) is 0 Å². The van der Waals surface area contributed by atoms with Crippen LogP contribution in [0.1, 0.15) is 114 Å². The third-order valence-electron chi connectivity index (χ3n) is 10.2. The van der Waals surface area contributed by atoms with Crippen LogP contribution in [0.15, 0.2) is 91.0 Å². The second-order valence-corrected chi connectivity index (χ2v) is 14.6. The maximum atomic E-state index is 6.32. The summed E-state index contributed by atoms with van der Waals surface area (Å²) in [5.74, 6) is 4.99. The Balaban J connectivity index is 1.48. The van der Waals surface area contributed by atoms with Crippen molar-refractivity contribution in [2.75, 3.05) is 0 Å². The molecule has 0 spiro atoms. The Hall–Kier alpha value is -3.72. The summed E-state index contributed by atoms with van der Waals surface area (Å²) in [5, 5.41) is 0. The molecule has 0 saturated heterocycles. The van der Waals surface area contributed by atoms with Gasteiger partial charge in [-0.25, -0.2) is 0 Å². The molecule has 3 nitrogen and oxygen atoms in total. The minimum absolute atomic E-state index is 0.122. The lowest BCUT2D eigenvalue weighted by Crippen LogP contribution is -2.24. The Morgan fingerprint density at radius 2 is 0.761 bits per heavy atom. The fraction of sp³-hybridized carbons (Fsp3) is 0.442. The van der Waals surface area contributed by atoms with E-state index in [9.17, 15) is 0 Å². The Morgan fingerprint density at radius 3 is 1.04 bits per heavy atom. The molecule has 246 valence electrons. The SMILES string of the molecule is CC(C)C(C)c1ccc(COc2cc(OCc3ccc(C(C)C(C)C)cc3)cc(OCc3ccc(C(C)(C)C(C)C)cc3)c2)cc1. The van der Waals surface area contributed by atoms with Gasteiger partial charge in [-0.2, -0.15) is 0 Å². The molecular weight excluding hydrogens is 564 g/mol. The molecule has 46 heavy (non-hydrogen) atoms. The molecule has 2 atom stereocenters. The van der Waals surface area contributed by atoms with E-state index in [4.69, 9.17) is 14.2 Å². The molecule has 0 heterocycles. The molecule has 3 heteroatoms. The minimum Gasteiger partial charge on any atom is -0.489 e. The predicted molar refractivity (Wildman–Crippen MR) is 193 cm³/mol. The standard InChI is InChI=1S/C43H56O3/c1-29(2)32(7)37-17-11-34(12-18-37)26-44-40-23-41(45-27-35-13-19-38(20-14-35)33(8)30(3)4)25-42(24-40)46-28-36-15-21-39(22-16-36)43(9,10)31(5)6/h11-25,29-33H,26-28H2,1-10H3. The first-order chi connectivity index (χ1) is 21.8. The summed E-state index contributed by atoms with van der Waals surface area (Å²) in [7, 11) is 0. The smallest absolute Gasteiger partial charge is 0.127 e. The number of ether oxygens (including phenoxy) is 3. The number of rotatable bonds is 15. The highest BCUT2D eigenvalue weighted by atomic mass is 16.5. The van der Waals surface area contributed by atoms with Crippen molar-refractivity contribution in [3.05, 3.63) is 124 Å².